The van der Waals surface area contributed by atoms with Crippen LogP contribution in [-0.4, -0.2) is 26.1 Å². The molecule has 0 saturated carbocycles. The normalized spacial score (nSPS) is 13.3. The van der Waals surface area contributed by atoms with Crippen molar-refractivity contribution in [3.63, 3.8) is 0 Å². The summed E-state index contributed by atoms with van der Waals surface area (Å²) in [4.78, 5) is 4.14. The minimum Gasteiger partial charge on any atom is -0.357 e. The first-order valence-electron chi connectivity index (χ1n) is 5.77. The highest BCUT2D eigenvalue weighted by molar-refractivity contribution is 5.79. The molecule has 0 aliphatic rings. The number of rotatable bonds is 4. The minimum atomic E-state index is 0.483. The number of aliphatic imine (C=N–C) groups is 1. The molecule has 0 aliphatic heterocycles. The Labute approximate surface area is 98.0 Å². The SMILES string of the molecule is CCNC(=NC)NCC(C)c1ccccc1. The molecule has 0 fully saturated rings. The largest absolute Gasteiger partial charge is 0.357 e. The van der Waals surface area contributed by atoms with Gasteiger partial charge in [-0.3, -0.25) is 4.99 Å². The Morgan fingerprint density at radius 1 is 1.25 bits per heavy atom. The molecule has 0 spiro atoms. The zero-order valence-corrected chi connectivity index (χ0v) is 10.3. The quantitative estimate of drug-likeness (QED) is 0.600. The Morgan fingerprint density at radius 3 is 2.50 bits per heavy atom. The summed E-state index contributed by atoms with van der Waals surface area (Å²) in [6.45, 7) is 6.05. The minimum absolute atomic E-state index is 0.483. The van der Waals surface area contributed by atoms with E-state index in [1.165, 1.54) is 5.56 Å². The standard InChI is InChI=1S/C13H21N3/c1-4-15-13(14-3)16-10-11(2)12-8-6-5-7-9-12/h5-9,11H,4,10H2,1-3H3,(H2,14,15,16). The van der Waals surface area contributed by atoms with Crippen LogP contribution in [0.3, 0.4) is 0 Å². The summed E-state index contributed by atoms with van der Waals surface area (Å²) in [5, 5.41) is 6.49. The number of benzene rings is 1. The summed E-state index contributed by atoms with van der Waals surface area (Å²) in [6, 6.07) is 10.5. The summed E-state index contributed by atoms with van der Waals surface area (Å²) < 4.78 is 0. The van der Waals surface area contributed by atoms with E-state index in [1.54, 1.807) is 7.05 Å². The van der Waals surface area contributed by atoms with Crippen molar-refractivity contribution in [1.29, 1.82) is 0 Å². The van der Waals surface area contributed by atoms with Crippen LogP contribution in [0.25, 0.3) is 0 Å². The van der Waals surface area contributed by atoms with Crippen molar-refractivity contribution in [3.8, 4) is 0 Å². The smallest absolute Gasteiger partial charge is 0.190 e. The highest BCUT2D eigenvalue weighted by Gasteiger charge is 2.05. The van der Waals surface area contributed by atoms with Crippen molar-refractivity contribution in [1.82, 2.24) is 10.6 Å². The Kier molecular flexibility index (Phi) is 5.40. The van der Waals surface area contributed by atoms with E-state index in [9.17, 15) is 0 Å². The number of nitrogens with one attached hydrogen (secondary N) is 2. The maximum atomic E-state index is 4.14. The van der Waals surface area contributed by atoms with Crippen molar-refractivity contribution in [2.75, 3.05) is 20.1 Å². The monoisotopic (exact) mass is 219 g/mol. The first-order chi connectivity index (χ1) is 7.77. The summed E-state index contributed by atoms with van der Waals surface area (Å²) in [7, 11) is 1.79. The predicted molar refractivity (Wildman–Crippen MR) is 69.9 cm³/mol. The van der Waals surface area contributed by atoms with Crippen molar-refractivity contribution in [2.45, 2.75) is 19.8 Å². The van der Waals surface area contributed by atoms with Crippen LogP contribution in [0.1, 0.15) is 25.3 Å². The van der Waals surface area contributed by atoms with E-state index in [1.807, 2.05) is 6.07 Å². The fraction of sp³-hybridized carbons (Fsp3) is 0.462. The number of hydrogen-bond donors (Lipinski definition) is 2. The second kappa shape index (κ2) is 6.88. The first kappa shape index (κ1) is 12.6. The van der Waals surface area contributed by atoms with Crippen LogP contribution in [-0.2, 0) is 0 Å². The lowest BCUT2D eigenvalue weighted by Crippen LogP contribution is -2.38. The van der Waals surface area contributed by atoms with Gasteiger partial charge in [-0.15, -0.1) is 0 Å². The van der Waals surface area contributed by atoms with E-state index >= 15 is 0 Å². The van der Waals surface area contributed by atoms with Crippen molar-refractivity contribution in [2.24, 2.45) is 4.99 Å². The van der Waals surface area contributed by atoms with Crippen molar-refractivity contribution in [3.05, 3.63) is 35.9 Å². The number of nitrogens with zero attached hydrogens (tertiary/aromatic N) is 1. The molecule has 1 unspecified atom stereocenters. The van der Waals surface area contributed by atoms with Crippen LogP contribution in [0.15, 0.2) is 35.3 Å². The van der Waals surface area contributed by atoms with Gasteiger partial charge in [0.2, 0.25) is 0 Å². The molecule has 1 aromatic rings. The molecule has 0 saturated heterocycles. The number of guanidine groups is 1. The molecule has 2 N–H and O–H groups in total. The molecular weight excluding hydrogens is 198 g/mol. The van der Waals surface area contributed by atoms with Crippen LogP contribution in [0.5, 0.6) is 0 Å². The van der Waals surface area contributed by atoms with Gasteiger partial charge in [0.05, 0.1) is 0 Å². The summed E-state index contributed by atoms with van der Waals surface area (Å²) in [5.41, 5.74) is 1.35. The molecule has 88 valence electrons. The first-order valence-corrected chi connectivity index (χ1v) is 5.77. The van der Waals surface area contributed by atoms with Gasteiger partial charge in [-0.1, -0.05) is 37.3 Å². The zero-order valence-electron chi connectivity index (χ0n) is 10.3. The van der Waals surface area contributed by atoms with Crippen molar-refractivity contribution < 1.29 is 0 Å². The predicted octanol–water partition coefficient (Wildman–Crippen LogP) is 1.97. The fourth-order valence-corrected chi connectivity index (χ4v) is 1.54. The average Bonchev–Trinajstić information content (AvgIpc) is 2.35. The molecule has 0 bridgehead atoms. The van der Waals surface area contributed by atoms with Crippen LogP contribution in [0.2, 0.25) is 0 Å². The Bertz CT molecular complexity index is 319. The molecule has 0 aromatic heterocycles. The lowest BCUT2D eigenvalue weighted by molar-refractivity contribution is 0.702. The highest BCUT2D eigenvalue weighted by atomic mass is 15.2. The van der Waals surface area contributed by atoms with Crippen molar-refractivity contribution >= 4 is 5.96 Å². The Hall–Kier alpha value is -1.51. The Morgan fingerprint density at radius 2 is 1.94 bits per heavy atom. The van der Waals surface area contributed by atoms with Gasteiger partial charge in [0.1, 0.15) is 0 Å². The van der Waals surface area contributed by atoms with Gasteiger partial charge >= 0.3 is 0 Å². The van der Waals surface area contributed by atoms with Gasteiger partial charge in [-0.05, 0) is 18.4 Å². The van der Waals surface area contributed by atoms with Crippen LogP contribution in [0.4, 0.5) is 0 Å². The van der Waals surface area contributed by atoms with E-state index in [-0.39, 0.29) is 0 Å². The topological polar surface area (TPSA) is 36.4 Å². The zero-order chi connectivity index (χ0) is 11.8. The van der Waals surface area contributed by atoms with E-state index in [4.69, 9.17) is 0 Å². The molecule has 0 radical (unpaired) electrons. The van der Waals surface area contributed by atoms with Gasteiger partial charge in [0.25, 0.3) is 0 Å². The molecule has 0 aliphatic carbocycles. The lowest BCUT2D eigenvalue weighted by atomic mass is 10.0. The third kappa shape index (κ3) is 3.93. The summed E-state index contributed by atoms with van der Waals surface area (Å²) in [6.07, 6.45) is 0. The second-order valence-corrected chi connectivity index (χ2v) is 3.80. The van der Waals surface area contributed by atoms with Crippen LogP contribution >= 0.6 is 0 Å². The number of hydrogen-bond acceptors (Lipinski definition) is 1. The summed E-state index contributed by atoms with van der Waals surface area (Å²) in [5.74, 6) is 1.35. The van der Waals surface area contributed by atoms with Gasteiger partial charge in [0.15, 0.2) is 5.96 Å². The fourth-order valence-electron chi connectivity index (χ4n) is 1.54. The highest BCUT2D eigenvalue weighted by Crippen LogP contribution is 2.12. The van der Waals surface area contributed by atoms with Gasteiger partial charge in [0, 0.05) is 20.1 Å². The van der Waals surface area contributed by atoms with Crippen LogP contribution in [0, 0.1) is 0 Å². The van der Waals surface area contributed by atoms with E-state index in [0.29, 0.717) is 5.92 Å². The molecule has 0 amide bonds. The van der Waals surface area contributed by atoms with Gasteiger partial charge < -0.3 is 10.6 Å². The molecule has 3 nitrogen and oxygen atoms in total. The van der Waals surface area contributed by atoms with Crippen LogP contribution < -0.4 is 10.6 Å². The average molecular weight is 219 g/mol. The Balaban J connectivity index is 2.44. The third-order valence-electron chi connectivity index (χ3n) is 2.51. The van der Waals surface area contributed by atoms with Gasteiger partial charge in [-0.2, -0.15) is 0 Å². The second-order valence-electron chi connectivity index (χ2n) is 3.80. The maximum absolute atomic E-state index is 4.14. The molecule has 1 rings (SSSR count). The molecule has 3 heteroatoms. The molecule has 0 heterocycles. The maximum Gasteiger partial charge on any atom is 0.190 e. The van der Waals surface area contributed by atoms with E-state index in [0.717, 1.165) is 19.0 Å². The van der Waals surface area contributed by atoms with Gasteiger partial charge in [-0.25, -0.2) is 0 Å². The molecule has 1 aromatic carbocycles. The molecule has 1 atom stereocenters. The third-order valence-corrected chi connectivity index (χ3v) is 2.51. The summed E-state index contributed by atoms with van der Waals surface area (Å²) >= 11 is 0. The lowest BCUT2D eigenvalue weighted by Gasteiger charge is -2.15. The molecule has 16 heavy (non-hydrogen) atoms. The molecular formula is C13H21N3. The van der Waals surface area contributed by atoms with E-state index < -0.39 is 0 Å². The van der Waals surface area contributed by atoms with E-state index in [2.05, 4.69) is 53.7 Å².